The van der Waals surface area contributed by atoms with Gasteiger partial charge < -0.3 is 15.2 Å². The molecule has 1 atom stereocenters. The van der Waals surface area contributed by atoms with E-state index in [1.807, 2.05) is 46.0 Å². The fourth-order valence-electron chi connectivity index (χ4n) is 2.65. The molecule has 0 spiro atoms. The average Bonchev–Trinajstić information content (AvgIpc) is 3.07. The van der Waals surface area contributed by atoms with Crippen molar-refractivity contribution >= 4 is 12.0 Å². The maximum absolute atomic E-state index is 12.1. The molecule has 3 rings (SSSR count). The molecule has 5 heteroatoms. The lowest BCUT2D eigenvalue weighted by Gasteiger charge is -2.29. The number of rotatable bonds is 3. The van der Waals surface area contributed by atoms with Gasteiger partial charge in [0.15, 0.2) is 0 Å². The summed E-state index contributed by atoms with van der Waals surface area (Å²) in [6.45, 7) is 1.46. The van der Waals surface area contributed by atoms with E-state index in [4.69, 9.17) is 5.73 Å². The molecule has 2 N–H and O–H groups in total. The molecule has 0 aliphatic carbocycles. The summed E-state index contributed by atoms with van der Waals surface area (Å²) in [6.07, 6.45) is 10.9. The standard InChI is InChI=1S/C17H20N4O/c18-15-2-1-10-20(12-15)17(22)8-5-14-3-6-16(7-4-14)21-11-9-19-13-21/h3-9,11,13,15H,1-2,10,12,18H2. The molecule has 2 heterocycles. The van der Waals surface area contributed by atoms with E-state index in [0.29, 0.717) is 6.54 Å². The number of carbonyl (C=O) groups is 1. The Balaban J connectivity index is 1.64. The minimum atomic E-state index is 0.0360. The van der Waals surface area contributed by atoms with Gasteiger partial charge in [-0.25, -0.2) is 4.98 Å². The molecule has 22 heavy (non-hydrogen) atoms. The number of benzene rings is 1. The van der Waals surface area contributed by atoms with Crippen molar-refractivity contribution < 1.29 is 4.79 Å². The van der Waals surface area contributed by atoms with E-state index < -0.39 is 0 Å². The molecule has 1 aliphatic rings. The first-order valence-corrected chi connectivity index (χ1v) is 7.53. The normalized spacial score (nSPS) is 18.8. The Morgan fingerprint density at radius 3 is 2.82 bits per heavy atom. The summed E-state index contributed by atoms with van der Waals surface area (Å²) in [5.41, 5.74) is 7.95. The van der Waals surface area contributed by atoms with Crippen molar-refractivity contribution in [2.24, 2.45) is 5.73 Å². The van der Waals surface area contributed by atoms with Crippen LogP contribution in [0.5, 0.6) is 0 Å². The molecule has 1 unspecified atom stereocenters. The molecule has 1 amide bonds. The van der Waals surface area contributed by atoms with Gasteiger partial charge in [-0.3, -0.25) is 4.79 Å². The molecule has 1 saturated heterocycles. The summed E-state index contributed by atoms with van der Waals surface area (Å²) in [4.78, 5) is 18.0. The van der Waals surface area contributed by atoms with Crippen molar-refractivity contribution in [2.75, 3.05) is 13.1 Å². The smallest absolute Gasteiger partial charge is 0.246 e. The highest BCUT2D eigenvalue weighted by Gasteiger charge is 2.19. The third-order valence-electron chi connectivity index (χ3n) is 3.88. The average molecular weight is 296 g/mol. The number of amides is 1. The fraction of sp³-hybridized carbons (Fsp3) is 0.294. The van der Waals surface area contributed by atoms with Crippen molar-refractivity contribution in [3.63, 3.8) is 0 Å². The zero-order chi connectivity index (χ0) is 15.4. The van der Waals surface area contributed by atoms with Gasteiger partial charge in [-0.2, -0.15) is 0 Å². The summed E-state index contributed by atoms with van der Waals surface area (Å²) in [7, 11) is 0. The van der Waals surface area contributed by atoms with Crippen LogP contribution in [-0.2, 0) is 4.79 Å². The van der Waals surface area contributed by atoms with Gasteiger partial charge >= 0.3 is 0 Å². The summed E-state index contributed by atoms with van der Waals surface area (Å²) in [5, 5.41) is 0. The lowest BCUT2D eigenvalue weighted by atomic mass is 10.1. The Labute approximate surface area is 130 Å². The topological polar surface area (TPSA) is 64.2 Å². The highest BCUT2D eigenvalue weighted by Crippen LogP contribution is 2.12. The number of hydrogen-bond acceptors (Lipinski definition) is 3. The molecule has 1 aromatic heterocycles. The molecule has 5 nitrogen and oxygen atoms in total. The van der Waals surface area contributed by atoms with E-state index in [1.165, 1.54) is 0 Å². The number of hydrogen-bond donors (Lipinski definition) is 1. The number of imidazole rings is 1. The van der Waals surface area contributed by atoms with Crippen LogP contribution in [0.3, 0.4) is 0 Å². The molecule has 2 aromatic rings. The predicted octanol–water partition coefficient (Wildman–Crippen LogP) is 1.84. The molecule has 0 bridgehead atoms. The quantitative estimate of drug-likeness (QED) is 0.879. The van der Waals surface area contributed by atoms with Crippen molar-refractivity contribution in [3.05, 3.63) is 54.6 Å². The second-order valence-corrected chi connectivity index (χ2v) is 5.58. The summed E-state index contributed by atoms with van der Waals surface area (Å²) >= 11 is 0. The van der Waals surface area contributed by atoms with Crippen LogP contribution in [-0.4, -0.2) is 39.5 Å². The second-order valence-electron chi connectivity index (χ2n) is 5.58. The van der Waals surface area contributed by atoms with Crippen LogP contribution in [0.25, 0.3) is 11.8 Å². The van der Waals surface area contributed by atoms with Crippen molar-refractivity contribution in [3.8, 4) is 5.69 Å². The van der Waals surface area contributed by atoms with E-state index >= 15 is 0 Å². The van der Waals surface area contributed by atoms with Gasteiger partial charge in [-0.1, -0.05) is 12.1 Å². The number of likely N-dealkylation sites (tertiary alicyclic amines) is 1. The first-order valence-electron chi connectivity index (χ1n) is 7.53. The van der Waals surface area contributed by atoms with Gasteiger partial charge in [0.2, 0.25) is 5.91 Å². The Morgan fingerprint density at radius 2 is 2.14 bits per heavy atom. The van der Waals surface area contributed by atoms with Gasteiger partial charge in [0.25, 0.3) is 0 Å². The highest BCUT2D eigenvalue weighted by atomic mass is 16.2. The Morgan fingerprint density at radius 1 is 1.32 bits per heavy atom. The second kappa shape index (κ2) is 6.58. The fourth-order valence-corrected chi connectivity index (χ4v) is 2.65. The van der Waals surface area contributed by atoms with Crippen LogP contribution in [0, 0.1) is 0 Å². The van der Waals surface area contributed by atoms with Crippen LogP contribution in [0.2, 0.25) is 0 Å². The minimum absolute atomic E-state index is 0.0360. The SMILES string of the molecule is NC1CCCN(C(=O)C=Cc2ccc(-n3ccnc3)cc2)C1. The Bertz CT molecular complexity index is 646. The summed E-state index contributed by atoms with van der Waals surface area (Å²) in [5.74, 6) is 0.0360. The van der Waals surface area contributed by atoms with E-state index in [-0.39, 0.29) is 11.9 Å². The Kier molecular flexibility index (Phi) is 4.34. The van der Waals surface area contributed by atoms with Gasteiger partial charge in [0.1, 0.15) is 0 Å². The predicted molar refractivity (Wildman–Crippen MR) is 86.4 cm³/mol. The number of aromatic nitrogens is 2. The maximum atomic E-state index is 12.1. The lowest BCUT2D eigenvalue weighted by molar-refractivity contribution is -0.127. The van der Waals surface area contributed by atoms with Gasteiger partial charge in [0.05, 0.1) is 6.33 Å². The molecule has 0 radical (unpaired) electrons. The monoisotopic (exact) mass is 296 g/mol. The maximum Gasteiger partial charge on any atom is 0.246 e. The zero-order valence-corrected chi connectivity index (χ0v) is 12.4. The van der Waals surface area contributed by atoms with Crippen molar-refractivity contribution in [1.82, 2.24) is 14.5 Å². The van der Waals surface area contributed by atoms with E-state index in [1.54, 1.807) is 18.6 Å². The molecule has 0 saturated carbocycles. The van der Waals surface area contributed by atoms with Crippen LogP contribution in [0.4, 0.5) is 0 Å². The number of piperidine rings is 1. The first kappa shape index (κ1) is 14.5. The van der Waals surface area contributed by atoms with Crippen LogP contribution >= 0.6 is 0 Å². The molecular weight excluding hydrogens is 276 g/mol. The molecule has 114 valence electrons. The van der Waals surface area contributed by atoms with Gasteiger partial charge in [-0.15, -0.1) is 0 Å². The largest absolute Gasteiger partial charge is 0.338 e. The van der Waals surface area contributed by atoms with Crippen LogP contribution in [0.15, 0.2) is 49.1 Å². The van der Waals surface area contributed by atoms with E-state index in [9.17, 15) is 4.79 Å². The van der Waals surface area contributed by atoms with E-state index in [2.05, 4.69) is 4.98 Å². The number of carbonyl (C=O) groups excluding carboxylic acids is 1. The third-order valence-corrected chi connectivity index (χ3v) is 3.88. The summed E-state index contributed by atoms with van der Waals surface area (Å²) in [6, 6.07) is 8.09. The van der Waals surface area contributed by atoms with Crippen molar-refractivity contribution in [2.45, 2.75) is 18.9 Å². The minimum Gasteiger partial charge on any atom is -0.338 e. The molecular formula is C17H20N4O. The Hall–Kier alpha value is -2.40. The molecule has 1 aromatic carbocycles. The first-order chi connectivity index (χ1) is 10.7. The summed E-state index contributed by atoms with van der Waals surface area (Å²) < 4.78 is 1.94. The van der Waals surface area contributed by atoms with Crippen LogP contribution in [0.1, 0.15) is 18.4 Å². The third kappa shape index (κ3) is 3.43. The number of nitrogens with two attached hydrogens (primary N) is 1. The zero-order valence-electron chi connectivity index (χ0n) is 12.4. The van der Waals surface area contributed by atoms with Gasteiger partial charge in [-0.05, 0) is 36.6 Å². The molecule has 1 fully saturated rings. The van der Waals surface area contributed by atoms with Gasteiger partial charge in [0, 0.05) is 43.3 Å². The van der Waals surface area contributed by atoms with Crippen LogP contribution < -0.4 is 5.73 Å². The van der Waals surface area contributed by atoms with Crippen molar-refractivity contribution in [1.29, 1.82) is 0 Å². The lowest BCUT2D eigenvalue weighted by Crippen LogP contribution is -2.45. The number of nitrogens with zero attached hydrogens (tertiary/aromatic N) is 3. The highest BCUT2D eigenvalue weighted by molar-refractivity contribution is 5.91. The van der Waals surface area contributed by atoms with E-state index in [0.717, 1.165) is 30.6 Å². The molecule has 1 aliphatic heterocycles.